The predicted molar refractivity (Wildman–Crippen MR) is 341 cm³/mol. The van der Waals surface area contributed by atoms with Gasteiger partial charge in [0.05, 0.1) is 50.2 Å². The van der Waals surface area contributed by atoms with E-state index in [9.17, 15) is 0 Å². The van der Waals surface area contributed by atoms with Crippen LogP contribution in [0.1, 0.15) is 0 Å². The zero-order valence-corrected chi connectivity index (χ0v) is 44.5. The van der Waals surface area contributed by atoms with Crippen molar-refractivity contribution in [1.82, 2.24) is 33.7 Å². The number of hydrogen-bond donors (Lipinski definition) is 0. The van der Waals surface area contributed by atoms with Crippen LogP contribution in [0.5, 0.6) is 0 Å². The van der Waals surface area contributed by atoms with Crippen LogP contribution in [0.3, 0.4) is 0 Å². The summed E-state index contributed by atoms with van der Waals surface area (Å²) in [5, 5.41) is 8.78. The highest BCUT2D eigenvalue weighted by molar-refractivity contribution is 6.15. The zero-order chi connectivity index (χ0) is 54.7. The first kappa shape index (κ1) is 48.0. The van der Waals surface area contributed by atoms with E-state index in [1.54, 1.807) is 6.08 Å². The summed E-state index contributed by atoms with van der Waals surface area (Å²) in [4.78, 5) is 24.6. The molecule has 0 radical (unpaired) electrons. The summed E-state index contributed by atoms with van der Waals surface area (Å²) in [6, 6.07) is 84.8. The van der Waals surface area contributed by atoms with Gasteiger partial charge < -0.3 is 0 Å². The standard InChI is InChI=1S/C40H27N3.C35H22N4/c1-3-8-27-13-22-32(23-26(27)2)30-16-14-28(15-17-30)29-18-20-31(21-19-29)37-24-34-35(25-41-37)33-9-4-6-11-38(33)43-39-12-7-5-10-36(39)42-40(34)43;1-2-8-23(9-3-1)24-14-16-25(17-15-24)26-18-19-30(36-21-26)32-20-28-29(22-37-32)27-10-4-6-12-33(27)39-34-13-7-5-11-31(34)38-35(28)39/h3-25H,1-2H2;1-22H/b27-8-;. The Kier molecular flexibility index (Phi) is 11.7. The highest BCUT2D eigenvalue weighted by Crippen LogP contribution is 2.37. The van der Waals surface area contributed by atoms with Gasteiger partial charge in [-0.05, 0) is 110 Å². The quantitative estimate of drug-likeness (QED) is 0.149. The van der Waals surface area contributed by atoms with Gasteiger partial charge >= 0.3 is 0 Å². The molecule has 384 valence electrons. The molecule has 7 aromatic heterocycles. The normalized spacial score (nSPS) is 11.8. The molecule has 0 amide bonds. The van der Waals surface area contributed by atoms with E-state index < -0.39 is 0 Å². The number of hydrogen-bond acceptors (Lipinski definition) is 5. The second-order valence-corrected chi connectivity index (χ2v) is 20.6. The Morgan fingerprint density at radius 1 is 0.305 bits per heavy atom. The van der Waals surface area contributed by atoms with Crippen LogP contribution in [0, 0.1) is 0 Å². The van der Waals surface area contributed by atoms with Crippen LogP contribution in [0.2, 0.25) is 0 Å². The first-order chi connectivity index (χ1) is 40.5. The van der Waals surface area contributed by atoms with E-state index in [4.69, 9.17) is 24.9 Å². The van der Waals surface area contributed by atoms with E-state index in [1.807, 2.05) is 42.9 Å². The molecule has 0 spiro atoms. The van der Waals surface area contributed by atoms with E-state index in [0.717, 1.165) is 127 Å². The fraction of sp³-hybridized carbons (Fsp3) is 0. The Bertz CT molecular complexity index is 5280. The van der Waals surface area contributed by atoms with Crippen LogP contribution < -0.4 is 10.4 Å². The van der Waals surface area contributed by atoms with Gasteiger partial charge in [0.15, 0.2) is 0 Å². The molecule has 16 rings (SSSR count). The maximum atomic E-state index is 5.05. The van der Waals surface area contributed by atoms with Crippen molar-refractivity contribution in [1.29, 1.82) is 0 Å². The van der Waals surface area contributed by atoms with Crippen LogP contribution >= 0.6 is 0 Å². The van der Waals surface area contributed by atoms with Crippen LogP contribution in [-0.4, -0.2) is 33.7 Å². The molecular weight excluding hydrogens is 999 g/mol. The minimum absolute atomic E-state index is 0.831. The number of nitrogens with zero attached hydrogens (tertiary/aromatic N) is 7. The second-order valence-electron chi connectivity index (χ2n) is 20.6. The van der Waals surface area contributed by atoms with E-state index in [-0.39, 0.29) is 0 Å². The molecular formula is C75H49N7. The number of fused-ring (bicyclic) bond motifs is 16. The van der Waals surface area contributed by atoms with Gasteiger partial charge in [0, 0.05) is 62.0 Å². The van der Waals surface area contributed by atoms with Gasteiger partial charge in [-0.3, -0.25) is 23.8 Å². The second kappa shape index (κ2) is 19.9. The summed E-state index contributed by atoms with van der Waals surface area (Å²) in [6.45, 7) is 7.98. The lowest BCUT2D eigenvalue weighted by Gasteiger charge is -2.11. The molecule has 0 atom stereocenters. The molecule has 9 aromatic carbocycles. The number of benzene rings is 9. The Hall–Kier alpha value is -11.2. The van der Waals surface area contributed by atoms with E-state index in [1.165, 1.54) is 27.6 Å². The third-order valence-electron chi connectivity index (χ3n) is 15.8. The molecule has 7 heteroatoms. The Morgan fingerprint density at radius 2 is 0.720 bits per heavy atom. The molecule has 7 heterocycles. The topological polar surface area (TPSA) is 73.3 Å². The van der Waals surface area contributed by atoms with Crippen molar-refractivity contribution in [2.45, 2.75) is 0 Å². The first-order valence-electron chi connectivity index (χ1n) is 27.4. The largest absolute Gasteiger partial charge is 0.292 e. The van der Waals surface area contributed by atoms with Gasteiger partial charge in [0.1, 0.15) is 11.3 Å². The lowest BCUT2D eigenvalue weighted by molar-refractivity contribution is 1.26. The van der Waals surface area contributed by atoms with E-state index >= 15 is 0 Å². The van der Waals surface area contributed by atoms with Crippen LogP contribution in [0.4, 0.5) is 0 Å². The highest BCUT2D eigenvalue weighted by atomic mass is 15.0. The van der Waals surface area contributed by atoms with Crippen LogP contribution in [0.25, 0.3) is 157 Å². The molecule has 0 fully saturated rings. The summed E-state index contributed by atoms with van der Waals surface area (Å²) in [5.41, 5.74) is 21.3. The van der Waals surface area contributed by atoms with Crippen LogP contribution in [-0.2, 0) is 0 Å². The van der Waals surface area contributed by atoms with Crippen molar-refractivity contribution in [3.63, 3.8) is 0 Å². The molecule has 82 heavy (non-hydrogen) atoms. The summed E-state index contributed by atoms with van der Waals surface area (Å²) in [6.07, 6.45) is 9.66. The smallest absolute Gasteiger partial charge is 0.146 e. The van der Waals surface area contributed by atoms with Crippen molar-refractivity contribution in [3.05, 3.63) is 284 Å². The van der Waals surface area contributed by atoms with Crippen molar-refractivity contribution >= 4 is 89.4 Å². The number of aromatic nitrogens is 7. The van der Waals surface area contributed by atoms with Crippen molar-refractivity contribution in [2.75, 3.05) is 0 Å². The Labute approximate surface area is 472 Å². The number of allylic oxidation sites excluding steroid dienone is 1. The van der Waals surface area contributed by atoms with Crippen molar-refractivity contribution in [3.8, 4) is 67.2 Å². The summed E-state index contributed by atoms with van der Waals surface area (Å²) in [5.74, 6) is 0. The van der Waals surface area contributed by atoms with Crippen molar-refractivity contribution in [2.24, 2.45) is 0 Å². The SMILES string of the molecule is C=C/C=c1/ccc(-c2ccc(-c3ccc(-c4cc5c(cn4)c4ccccc4n4c6ccccc6nc54)cc3)cc2)cc1=C.c1ccc(-c2ccc(-c3ccc(-c4cc5c(cn4)c4ccccc4n4c6ccccc6nc54)nc3)cc2)cc1. The van der Waals surface area contributed by atoms with Crippen LogP contribution in [0.15, 0.2) is 274 Å². The fourth-order valence-electron chi connectivity index (χ4n) is 11.7. The van der Waals surface area contributed by atoms with Gasteiger partial charge in [0.2, 0.25) is 0 Å². The number of pyridine rings is 5. The molecule has 0 saturated carbocycles. The molecule has 16 aromatic rings. The summed E-state index contributed by atoms with van der Waals surface area (Å²) >= 11 is 0. The molecule has 0 unspecified atom stereocenters. The molecule has 0 aliphatic rings. The minimum atomic E-state index is 0.831. The van der Waals surface area contributed by atoms with Gasteiger partial charge in [-0.25, -0.2) is 9.97 Å². The average molecular weight is 1050 g/mol. The first-order valence-corrected chi connectivity index (χ1v) is 27.4. The molecule has 0 bridgehead atoms. The lowest BCUT2D eigenvalue weighted by atomic mass is 9.98. The predicted octanol–water partition coefficient (Wildman–Crippen LogP) is 17.2. The van der Waals surface area contributed by atoms with Gasteiger partial charge in [-0.1, -0.05) is 207 Å². The molecule has 0 saturated heterocycles. The fourth-order valence-corrected chi connectivity index (χ4v) is 11.7. The third-order valence-corrected chi connectivity index (χ3v) is 15.8. The van der Waals surface area contributed by atoms with Gasteiger partial charge in [0.25, 0.3) is 0 Å². The third kappa shape index (κ3) is 8.35. The summed E-state index contributed by atoms with van der Waals surface area (Å²) in [7, 11) is 0. The number of rotatable bonds is 7. The molecule has 0 aliphatic carbocycles. The molecule has 7 nitrogen and oxygen atoms in total. The maximum absolute atomic E-state index is 5.05. The van der Waals surface area contributed by atoms with E-state index in [2.05, 4.69) is 246 Å². The summed E-state index contributed by atoms with van der Waals surface area (Å²) < 4.78 is 4.53. The Balaban J connectivity index is 0.000000141. The minimum Gasteiger partial charge on any atom is -0.292 e. The van der Waals surface area contributed by atoms with Gasteiger partial charge in [-0.2, -0.15) is 0 Å². The number of imidazole rings is 2. The zero-order valence-electron chi connectivity index (χ0n) is 44.5. The highest BCUT2D eigenvalue weighted by Gasteiger charge is 2.17. The molecule has 0 N–H and O–H groups in total. The average Bonchev–Trinajstić information content (AvgIpc) is 3.83. The van der Waals surface area contributed by atoms with Crippen molar-refractivity contribution < 1.29 is 0 Å². The lowest BCUT2D eigenvalue weighted by Crippen LogP contribution is -2.22. The monoisotopic (exact) mass is 1050 g/mol. The van der Waals surface area contributed by atoms with Gasteiger partial charge in [-0.15, -0.1) is 0 Å². The number of para-hydroxylation sites is 6. The molecule has 0 aliphatic heterocycles. The Morgan fingerprint density at radius 3 is 1.24 bits per heavy atom. The van der Waals surface area contributed by atoms with E-state index in [0.29, 0.717) is 0 Å². The maximum Gasteiger partial charge on any atom is 0.146 e.